The molecule has 112 valence electrons. The maximum Gasteiger partial charge on any atom is 0.243 e. The van der Waals surface area contributed by atoms with Gasteiger partial charge in [-0.1, -0.05) is 19.1 Å². The monoisotopic (exact) mass is 298 g/mol. The van der Waals surface area contributed by atoms with Crippen molar-refractivity contribution in [3.8, 4) is 0 Å². The largest absolute Gasteiger partial charge is 0.378 e. The molecule has 1 saturated heterocycles. The van der Waals surface area contributed by atoms with Gasteiger partial charge in [-0.25, -0.2) is 8.42 Å². The lowest BCUT2D eigenvalue weighted by Gasteiger charge is -2.34. The molecule has 0 bridgehead atoms. The van der Waals surface area contributed by atoms with Gasteiger partial charge in [-0.05, 0) is 31.2 Å². The molecular formula is C14H22N2O3S. The summed E-state index contributed by atoms with van der Waals surface area (Å²) in [6.45, 7) is 4.09. The van der Waals surface area contributed by atoms with Crippen LogP contribution in [0.4, 0.5) is 0 Å². The molecule has 0 aliphatic carbocycles. The number of nitrogens with zero attached hydrogens (tertiary/aromatic N) is 1. The minimum atomic E-state index is -3.42. The van der Waals surface area contributed by atoms with E-state index < -0.39 is 10.0 Å². The lowest BCUT2D eigenvalue weighted by atomic mass is 10.2. The quantitative estimate of drug-likeness (QED) is 0.887. The fraction of sp³-hybridized carbons (Fsp3) is 0.571. The second-order valence-electron chi connectivity index (χ2n) is 4.93. The Morgan fingerprint density at radius 2 is 2.05 bits per heavy atom. The summed E-state index contributed by atoms with van der Waals surface area (Å²) in [7, 11) is -1.56. The van der Waals surface area contributed by atoms with Crippen molar-refractivity contribution in [2.75, 3.05) is 26.8 Å². The van der Waals surface area contributed by atoms with Crippen LogP contribution in [0, 0.1) is 0 Å². The lowest BCUT2D eigenvalue weighted by molar-refractivity contribution is 0.0314. The van der Waals surface area contributed by atoms with Crippen LogP contribution in [-0.2, 0) is 21.3 Å². The number of morpholine rings is 1. The van der Waals surface area contributed by atoms with Gasteiger partial charge in [0.05, 0.1) is 18.1 Å². The predicted molar refractivity (Wildman–Crippen MR) is 78.0 cm³/mol. The van der Waals surface area contributed by atoms with E-state index in [-0.39, 0.29) is 6.04 Å². The highest BCUT2D eigenvalue weighted by atomic mass is 32.2. The summed E-state index contributed by atoms with van der Waals surface area (Å²) in [6.07, 6.45) is 0.761. The van der Waals surface area contributed by atoms with E-state index >= 15 is 0 Å². The Hall–Kier alpha value is -0.950. The normalized spacial score (nSPS) is 21.0. The summed E-state index contributed by atoms with van der Waals surface area (Å²) >= 11 is 0. The minimum Gasteiger partial charge on any atom is -0.378 e. The number of sulfonamides is 1. The van der Waals surface area contributed by atoms with Gasteiger partial charge in [0.25, 0.3) is 0 Å². The summed E-state index contributed by atoms with van der Waals surface area (Å²) in [5.74, 6) is 0. The number of ether oxygens (including phenoxy) is 1. The Bertz CT molecular complexity index is 528. The zero-order valence-electron chi connectivity index (χ0n) is 12.0. The molecule has 5 nitrogen and oxygen atoms in total. The lowest BCUT2D eigenvalue weighted by Crippen LogP contribution is -2.48. The molecule has 1 aliphatic heterocycles. The van der Waals surface area contributed by atoms with Crippen LogP contribution < -0.4 is 5.32 Å². The van der Waals surface area contributed by atoms with Gasteiger partial charge >= 0.3 is 0 Å². The molecule has 0 spiro atoms. The third-order valence-electron chi connectivity index (χ3n) is 3.56. The molecule has 1 aliphatic rings. The first kappa shape index (κ1) is 15.4. The van der Waals surface area contributed by atoms with Gasteiger partial charge in [0.2, 0.25) is 10.0 Å². The molecule has 1 heterocycles. The highest BCUT2D eigenvalue weighted by Gasteiger charge is 2.32. The molecule has 20 heavy (non-hydrogen) atoms. The van der Waals surface area contributed by atoms with E-state index in [1.165, 1.54) is 0 Å². The van der Waals surface area contributed by atoms with Gasteiger partial charge in [-0.15, -0.1) is 0 Å². The number of rotatable bonds is 5. The third-order valence-corrected chi connectivity index (χ3v) is 5.52. The Balaban J connectivity index is 2.24. The van der Waals surface area contributed by atoms with Gasteiger partial charge in [0.1, 0.15) is 0 Å². The molecule has 1 N–H and O–H groups in total. The molecule has 1 aromatic rings. The fourth-order valence-corrected chi connectivity index (χ4v) is 4.06. The SMILES string of the molecule is CCC1COCCN1S(=O)(=O)c1ccc(CNC)cc1. The zero-order chi connectivity index (χ0) is 14.6. The second-order valence-corrected chi connectivity index (χ2v) is 6.82. The topological polar surface area (TPSA) is 58.6 Å². The smallest absolute Gasteiger partial charge is 0.243 e. The van der Waals surface area contributed by atoms with Crippen molar-refractivity contribution in [2.45, 2.75) is 30.8 Å². The first-order chi connectivity index (χ1) is 9.59. The van der Waals surface area contributed by atoms with Crippen LogP contribution in [0.25, 0.3) is 0 Å². The van der Waals surface area contributed by atoms with Gasteiger partial charge in [0.15, 0.2) is 0 Å². The summed E-state index contributed by atoms with van der Waals surface area (Å²) in [5.41, 5.74) is 1.07. The van der Waals surface area contributed by atoms with Crippen LogP contribution in [0.2, 0.25) is 0 Å². The molecule has 0 amide bonds. The van der Waals surface area contributed by atoms with Gasteiger partial charge in [-0.3, -0.25) is 0 Å². The highest BCUT2D eigenvalue weighted by Crippen LogP contribution is 2.22. The Labute approximate surface area is 121 Å². The molecule has 0 saturated carbocycles. The number of hydrogen-bond donors (Lipinski definition) is 1. The molecule has 6 heteroatoms. The Kier molecular flexibility index (Phi) is 5.15. The second kappa shape index (κ2) is 6.67. The summed E-state index contributed by atoms with van der Waals surface area (Å²) in [5, 5.41) is 3.05. The van der Waals surface area contributed by atoms with E-state index in [1.54, 1.807) is 16.4 Å². The van der Waals surface area contributed by atoms with Gasteiger partial charge < -0.3 is 10.1 Å². The molecule has 1 fully saturated rings. The first-order valence-electron chi connectivity index (χ1n) is 6.92. The maximum atomic E-state index is 12.7. The Morgan fingerprint density at radius 1 is 1.35 bits per heavy atom. The van der Waals surface area contributed by atoms with Crippen molar-refractivity contribution in [3.63, 3.8) is 0 Å². The molecule has 1 unspecified atom stereocenters. The van der Waals surface area contributed by atoms with Crippen LogP contribution in [0.5, 0.6) is 0 Å². The van der Waals surface area contributed by atoms with Crippen molar-refractivity contribution >= 4 is 10.0 Å². The van der Waals surface area contributed by atoms with Crippen LogP contribution >= 0.6 is 0 Å². The van der Waals surface area contributed by atoms with E-state index in [1.807, 2.05) is 26.1 Å². The maximum absolute atomic E-state index is 12.7. The van der Waals surface area contributed by atoms with E-state index in [9.17, 15) is 8.42 Å². The van der Waals surface area contributed by atoms with Crippen molar-refractivity contribution < 1.29 is 13.2 Å². The molecular weight excluding hydrogens is 276 g/mol. The number of nitrogens with one attached hydrogen (secondary N) is 1. The number of benzene rings is 1. The van der Waals surface area contributed by atoms with E-state index in [2.05, 4.69) is 5.32 Å². The predicted octanol–water partition coefficient (Wildman–Crippen LogP) is 1.21. The van der Waals surface area contributed by atoms with E-state index in [4.69, 9.17) is 4.74 Å². The molecule has 2 rings (SSSR count). The number of hydrogen-bond acceptors (Lipinski definition) is 4. The molecule has 1 atom stereocenters. The highest BCUT2D eigenvalue weighted by molar-refractivity contribution is 7.89. The molecule has 0 aromatic heterocycles. The van der Waals surface area contributed by atoms with Crippen LogP contribution in [-0.4, -0.2) is 45.6 Å². The van der Waals surface area contributed by atoms with Crippen LogP contribution in [0.1, 0.15) is 18.9 Å². The van der Waals surface area contributed by atoms with Crippen molar-refractivity contribution in [1.29, 1.82) is 0 Å². The van der Waals surface area contributed by atoms with Crippen molar-refractivity contribution in [1.82, 2.24) is 9.62 Å². The summed E-state index contributed by atoms with van der Waals surface area (Å²) < 4.78 is 32.3. The first-order valence-corrected chi connectivity index (χ1v) is 8.36. The van der Waals surface area contributed by atoms with Crippen LogP contribution in [0.3, 0.4) is 0 Å². The van der Waals surface area contributed by atoms with E-state index in [0.717, 1.165) is 18.5 Å². The summed E-state index contributed by atoms with van der Waals surface area (Å²) in [6, 6.07) is 7.01. The van der Waals surface area contributed by atoms with E-state index in [0.29, 0.717) is 24.7 Å². The van der Waals surface area contributed by atoms with Gasteiger partial charge in [-0.2, -0.15) is 4.31 Å². The van der Waals surface area contributed by atoms with Crippen molar-refractivity contribution in [3.05, 3.63) is 29.8 Å². The standard InChI is InChI=1S/C14H22N2O3S/c1-3-13-11-19-9-8-16(13)20(17,18)14-6-4-12(5-7-14)10-15-2/h4-7,13,15H,3,8-11H2,1-2H3. The Morgan fingerprint density at radius 3 is 2.65 bits per heavy atom. The molecule has 1 aromatic carbocycles. The van der Waals surface area contributed by atoms with Crippen molar-refractivity contribution in [2.24, 2.45) is 0 Å². The summed E-state index contributed by atoms with van der Waals surface area (Å²) in [4.78, 5) is 0.359. The third kappa shape index (κ3) is 3.20. The fourth-order valence-electron chi connectivity index (χ4n) is 2.40. The minimum absolute atomic E-state index is 0.0641. The average Bonchev–Trinajstić information content (AvgIpc) is 2.48. The van der Waals surface area contributed by atoms with Gasteiger partial charge in [0, 0.05) is 19.1 Å². The van der Waals surface area contributed by atoms with Crippen LogP contribution in [0.15, 0.2) is 29.2 Å². The zero-order valence-corrected chi connectivity index (χ0v) is 12.8. The average molecular weight is 298 g/mol. The molecule has 0 radical (unpaired) electrons.